The highest BCUT2D eigenvalue weighted by molar-refractivity contribution is 7.13. The van der Waals surface area contributed by atoms with Gasteiger partial charge in [-0.15, -0.1) is 22.9 Å². The molecule has 0 amide bonds. The molecule has 17 heavy (non-hydrogen) atoms. The van der Waals surface area contributed by atoms with Crippen molar-refractivity contribution in [3.63, 3.8) is 0 Å². The van der Waals surface area contributed by atoms with E-state index in [0.29, 0.717) is 5.13 Å². The van der Waals surface area contributed by atoms with Crippen molar-refractivity contribution in [1.82, 2.24) is 4.98 Å². The van der Waals surface area contributed by atoms with E-state index >= 15 is 0 Å². The van der Waals surface area contributed by atoms with Crippen LogP contribution in [0.1, 0.15) is 44.2 Å². The quantitative estimate of drug-likeness (QED) is 0.791. The second-order valence-corrected chi connectivity index (χ2v) is 8.15. The third kappa shape index (κ3) is 1.48. The molecule has 4 heteroatoms. The number of hydrogen-bond donors (Lipinski definition) is 1. The van der Waals surface area contributed by atoms with E-state index in [0.717, 1.165) is 18.3 Å². The fourth-order valence-corrected chi connectivity index (χ4v) is 6.36. The lowest BCUT2D eigenvalue weighted by Crippen LogP contribution is -2.55. The second-order valence-electron chi connectivity index (χ2n) is 6.46. The van der Waals surface area contributed by atoms with E-state index in [2.05, 4.69) is 10.4 Å². The molecule has 0 saturated heterocycles. The minimum atomic E-state index is 0.0719. The number of nitrogen functional groups attached to an aromatic ring is 1. The molecule has 0 aliphatic heterocycles. The van der Waals surface area contributed by atoms with Gasteiger partial charge < -0.3 is 5.73 Å². The van der Waals surface area contributed by atoms with Crippen molar-refractivity contribution in [2.75, 3.05) is 5.73 Å². The van der Waals surface area contributed by atoms with Gasteiger partial charge in [-0.25, -0.2) is 4.98 Å². The second kappa shape index (κ2) is 3.18. The molecule has 4 aliphatic rings. The smallest absolute Gasteiger partial charge is 0.180 e. The molecular formula is C13H17ClN2S. The Morgan fingerprint density at radius 2 is 2.00 bits per heavy atom. The van der Waals surface area contributed by atoms with Gasteiger partial charge in [0.25, 0.3) is 0 Å². The Hall–Kier alpha value is -0.280. The van der Waals surface area contributed by atoms with Gasteiger partial charge in [0, 0.05) is 15.7 Å². The van der Waals surface area contributed by atoms with Gasteiger partial charge in [-0.2, -0.15) is 0 Å². The summed E-state index contributed by atoms with van der Waals surface area (Å²) in [5.74, 6) is 1.66. The van der Waals surface area contributed by atoms with Gasteiger partial charge in [0.2, 0.25) is 0 Å². The Morgan fingerprint density at radius 1 is 1.29 bits per heavy atom. The highest BCUT2D eigenvalue weighted by Gasteiger charge is 2.58. The molecule has 2 unspecified atom stereocenters. The first kappa shape index (κ1) is 10.6. The summed E-state index contributed by atoms with van der Waals surface area (Å²) >= 11 is 8.40. The number of alkyl halides is 1. The van der Waals surface area contributed by atoms with E-state index in [1.54, 1.807) is 11.3 Å². The Morgan fingerprint density at radius 3 is 2.53 bits per heavy atom. The van der Waals surface area contributed by atoms with Gasteiger partial charge in [-0.05, 0) is 50.4 Å². The predicted molar refractivity (Wildman–Crippen MR) is 71.5 cm³/mol. The molecule has 1 heterocycles. The Bertz CT molecular complexity index is 456. The summed E-state index contributed by atoms with van der Waals surface area (Å²) in [6.45, 7) is 0. The van der Waals surface area contributed by atoms with Gasteiger partial charge >= 0.3 is 0 Å². The molecule has 0 spiro atoms. The Balaban J connectivity index is 1.79. The first-order valence-corrected chi connectivity index (χ1v) is 7.73. The van der Waals surface area contributed by atoms with Crippen molar-refractivity contribution in [3.05, 3.63) is 11.1 Å². The summed E-state index contributed by atoms with van der Waals surface area (Å²) in [6, 6.07) is 0. The maximum atomic E-state index is 6.82. The van der Waals surface area contributed by atoms with Crippen LogP contribution in [0.15, 0.2) is 5.38 Å². The molecule has 0 aromatic carbocycles. The number of aromatic nitrogens is 1. The van der Waals surface area contributed by atoms with Gasteiger partial charge in [0.15, 0.2) is 5.13 Å². The van der Waals surface area contributed by atoms with Crippen LogP contribution in [0, 0.1) is 11.8 Å². The van der Waals surface area contributed by atoms with E-state index in [1.807, 2.05) is 0 Å². The lowest BCUT2D eigenvalue weighted by molar-refractivity contribution is 0.00721. The lowest BCUT2D eigenvalue weighted by atomic mass is 9.48. The SMILES string of the molecule is Nc1nc(C23C[C@@H]4C[C@@H](CC(Cl)(C4)C2)C3)cs1. The molecule has 5 rings (SSSR count). The summed E-state index contributed by atoms with van der Waals surface area (Å²) < 4.78 is 0. The molecule has 92 valence electrons. The van der Waals surface area contributed by atoms with Crippen molar-refractivity contribution < 1.29 is 0 Å². The Labute approximate surface area is 111 Å². The number of nitrogens with zero attached hydrogens (tertiary/aromatic N) is 1. The van der Waals surface area contributed by atoms with Crippen LogP contribution in [0.25, 0.3) is 0 Å². The van der Waals surface area contributed by atoms with Crippen LogP contribution < -0.4 is 5.73 Å². The summed E-state index contributed by atoms with van der Waals surface area (Å²) in [4.78, 5) is 4.64. The number of rotatable bonds is 1. The van der Waals surface area contributed by atoms with Crippen molar-refractivity contribution in [2.24, 2.45) is 11.8 Å². The molecule has 1 aromatic rings. The van der Waals surface area contributed by atoms with Crippen molar-refractivity contribution in [3.8, 4) is 0 Å². The van der Waals surface area contributed by atoms with E-state index in [-0.39, 0.29) is 10.3 Å². The normalized spacial score (nSPS) is 47.6. The van der Waals surface area contributed by atoms with Crippen LogP contribution in [0.4, 0.5) is 5.13 Å². The molecule has 4 aliphatic carbocycles. The minimum absolute atomic E-state index is 0.0719. The summed E-state index contributed by atoms with van der Waals surface area (Å²) in [7, 11) is 0. The van der Waals surface area contributed by atoms with E-state index < -0.39 is 0 Å². The monoisotopic (exact) mass is 268 g/mol. The number of thiazole rings is 1. The summed E-state index contributed by atoms with van der Waals surface area (Å²) in [5, 5.41) is 2.88. The topological polar surface area (TPSA) is 38.9 Å². The lowest BCUT2D eigenvalue weighted by Gasteiger charge is -2.59. The van der Waals surface area contributed by atoms with Crippen molar-refractivity contribution in [2.45, 2.75) is 48.8 Å². The zero-order chi connectivity index (χ0) is 11.7. The Kier molecular flexibility index (Phi) is 1.99. The van der Waals surface area contributed by atoms with E-state index in [4.69, 9.17) is 17.3 Å². The third-order valence-corrected chi connectivity index (χ3v) is 6.17. The van der Waals surface area contributed by atoms with E-state index in [1.165, 1.54) is 37.8 Å². The van der Waals surface area contributed by atoms with Gasteiger partial charge in [-0.3, -0.25) is 0 Å². The van der Waals surface area contributed by atoms with Crippen LogP contribution in [-0.2, 0) is 5.41 Å². The van der Waals surface area contributed by atoms with E-state index in [9.17, 15) is 0 Å². The van der Waals surface area contributed by atoms with Crippen LogP contribution in [0.5, 0.6) is 0 Å². The van der Waals surface area contributed by atoms with Gasteiger partial charge in [0.1, 0.15) is 0 Å². The summed E-state index contributed by atoms with van der Waals surface area (Å²) in [5.41, 5.74) is 7.30. The first-order chi connectivity index (χ1) is 8.07. The number of nitrogens with two attached hydrogens (primary N) is 1. The molecule has 4 saturated carbocycles. The molecule has 4 fully saturated rings. The largest absolute Gasteiger partial charge is 0.375 e. The zero-order valence-electron chi connectivity index (χ0n) is 9.79. The van der Waals surface area contributed by atoms with Crippen LogP contribution in [0.3, 0.4) is 0 Å². The molecular weight excluding hydrogens is 252 g/mol. The van der Waals surface area contributed by atoms with Crippen LogP contribution >= 0.6 is 22.9 Å². The van der Waals surface area contributed by atoms with Gasteiger partial charge in [0.05, 0.1) is 5.69 Å². The average Bonchev–Trinajstić information content (AvgIpc) is 2.61. The molecule has 4 atom stereocenters. The number of halogens is 1. The van der Waals surface area contributed by atoms with Crippen molar-refractivity contribution in [1.29, 1.82) is 0 Å². The molecule has 2 N–H and O–H groups in total. The highest BCUT2D eigenvalue weighted by Crippen LogP contribution is 2.64. The number of anilines is 1. The zero-order valence-corrected chi connectivity index (χ0v) is 11.4. The number of hydrogen-bond acceptors (Lipinski definition) is 3. The fourth-order valence-electron chi connectivity index (χ4n) is 4.98. The predicted octanol–water partition coefficient (Wildman–Crippen LogP) is 3.55. The maximum absolute atomic E-state index is 6.82. The summed E-state index contributed by atoms with van der Waals surface area (Å²) in [6.07, 6.45) is 7.56. The molecule has 0 radical (unpaired) electrons. The first-order valence-electron chi connectivity index (χ1n) is 6.47. The third-order valence-electron chi connectivity index (χ3n) is 5.06. The average molecular weight is 269 g/mol. The van der Waals surface area contributed by atoms with Crippen LogP contribution in [-0.4, -0.2) is 9.86 Å². The molecule has 2 nitrogen and oxygen atoms in total. The maximum Gasteiger partial charge on any atom is 0.180 e. The molecule has 4 bridgehead atoms. The fraction of sp³-hybridized carbons (Fsp3) is 0.769. The van der Waals surface area contributed by atoms with Gasteiger partial charge in [-0.1, -0.05) is 0 Å². The highest BCUT2D eigenvalue weighted by atomic mass is 35.5. The molecule has 1 aromatic heterocycles. The van der Waals surface area contributed by atoms with Crippen LogP contribution in [0.2, 0.25) is 0 Å². The standard InChI is InChI=1S/C13H17ClN2S/c14-13-4-8-1-9(5-13)3-12(2-8,7-13)10-6-17-11(15)16-10/h6,8-9H,1-5,7H2,(H2,15,16)/t8-,9+,12?,13?. The minimum Gasteiger partial charge on any atom is -0.375 e. The van der Waals surface area contributed by atoms with Crippen molar-refractivity contribution >= 4 is 28.1 Å².